The minimum absolute atomic E-state index is 0.00826. The van der Waals surface area contributed by atoms with Gasteiger partial charge in [0.15, 0.2) is 23.3 Å². The molecule has 57 heavy (non-hydrogen) atoms. The van der Waals surface area contributed by atoms with Crippen LogP contribution in [0.3, 0.4) is 0 Å². The first-order valence-corrected chi connectivity index (χ1v) is 20.5. The van der Waals surface area contributed by atoms with Gasteiger partial charge in [-0.15, -0.1) is 0 Å². The molecule has 0 saturated heterocycles. The lowest BCUT2D eigenvalue weighted by Crippen LogP contribution is -1.98. The van der Waals surface area contributed by atoms with E-state index in [4.69, 9.17) is 9.97 Å². The second kappa shape index (κ2) is 12.3. The van der Waals surface area contributed by atoms with Gasteiger partial charge >= 0.3 is 5.97 Å². The van der Waals surface area contributed by atoms with Gasteiger partial charge in [0.05, 0.1) is 14.7 Å². The molecule has 7 aromatic rings. The molecule has 0 amide bonds. The van der Waals surface area contributed by atoms with Gasteiger partial charge in [0.25, 0.3) is 30.4 Å². The number of rotatable bonds is 5. The number of benzene rings is 4. The Kier molecular flexibility index (Phi) is 7.76. The van der Waals surface area contributed by atoms with Gasteiger partial charge in [0.1, 0.15) is 22.6 Å². The molecule has 0 atom stereocenters. The van der Waals surface area contributed by atoms with Crippen molar-refractivity contribution in [3.63, 3.8) is 0 Å². The molecule has 0 radical (unpaired) electrons. The third kappa shape index (κ3) is 6.27. The Morgan fingerprint density at radius 1 is 0.474 bits per heavy atom. The predicted octanol–water partition coefficient (Wildman–Crippen LogP) is 4.71. The molecule has 3 aromatic heterocycles. The normalized spacial score (nSPS) is 13.0. The fraction of sp³-hybridized carbons (Fsp3) is 0. The van der Waals surface area contributed by atoms with Crippen LogP contribution in [-0.2, 0) is 35.1 Å². The number of carboxylic acid groups (broad SMARTS) is 1. The molecule has 0 unspecified atom stereocenters. The third-order valence-corrected chi connectivity index (χ3v) is 11.6. The number of fused-ring (bicyclic) bond motifs is 20. The number of hydrogen-bond acceptors (Lipinski definition) is 13. The average Bonchev–Trinajstić information content (AvgIpc) is 3.87. The standard InChI is InChI=1S/C35H20N8O11S3/c44-27(45)10-2-15-1-6-19-23(11-15)32-36-28(19)38-33-25-13-17(56(49,50)51)4-8-21(25)30(40-33)42-35-26-14-18(57(52,53)54)5-9-22(26)31(43-35)41-34-24-12-16(55(46,47)48)3-7-20(24)29(37-32)39-34/h1-14H,(H,44,45)(H,46,47,48)(H,49,50,51)(H,52,53,54)(H2,36,37,38,39,40,41,42,43). The third-order valence-electron chi connectivity index (χ3n) is 9.08. The van der Waals surface area contributed by atoms with Gasteiger partial charge in [-0.25, -0.2) is 34.7 Å². The predicted molar refractivity (Wildman–Crippen MR) is 202 cm³/mol. The van der Waals surface area contributed by atoms with E-state index in [-0.39, 0.29) is 73.5 Å². The highest BCUT2D eigenvalue weighted by molar-refractivity contribution is 7.86. The van der Waals surface area contributed by atoms with Crippen LogP contribution in [-0.4, -0.2) is 89.9 Å². The minimum Gasteiger partial charge on any atom is -0.478 e. The maximum atomic E-state index is 12.2. The van der Waals surface area contributed by atoms with E-state index in [0.29, 0.717) is 21.7 Å². The Morgan fingerprint density at radius 3 is 1.42 bits per heavy atom. The number of hydrogen-bond donors (Lipinski definition) is 6. The second-order valence-corrected chi connectivity index (χ2v) is 16.9. The highest BCUT2D eigenvalue weighted by Gasteiger charge is 2.27. The number of aliphatic carboxylic acids is 1. The SMILES string of the molecule is O=C(O)C=Cc1ccc2c3nc4nc(nc5nc(nc6[nH]c(nc([nH]3)c2c1)c1ccc(S(=O)(=O)O)cc61)-c1ccc(S(=O)(=O)O)cc1-5)-c1ccc(S(=O)(=O)O)cc1-4. The topological polar surface area (TPSA) is 309 Å². The molecule has 19 nitrogen and oxygen atoms in total. The molecule has 2 aliphatic heterocycles. The highest BCUT2D eigenvalue weighted by Crippen LogP contribution is 2.40. The smallest absolute Gasteiger partial charge is 0.328 e. The first kappa shape index (κ1) is 35.9. The zero-order valence-corrected chi connectivity index (χ0v) is 30.6. The van der Waals surface area contributed by atoms with Crippen LogP contribution in [0.5, 0.6) is 0 Å². The van der Waals surface area contributed by atoms with E-state index in [1.54, 1.807) is 18.2 Å². The van der Waals surface area contributed by atoms with Crippen LogP contribution < -0.4 is 0 Å². The van der Waals surface area contributed by atoms with Crippen LogP contribution in [0.2, 0.25) is 0 Å². The van der Waals surface area contributed by atoms with Crippen LogP contribution >= 0.6 is 0 Å². The lowest BCUT2D eigenvalue weighted by molar-refractivity contribution is -0.131. The lowest BCUT2D eigenvalue weighted by atomic mass is 10.1. The summed E-state index contributed by atoms with van der Waals surface area (Å²) in [5.41, 5.74) is 1.62. The summed E-state index contributed by atoms with van der Waals surface area (Å²) < 4.78 is 103. The summed E-state index contributed by atoms with van der Waals surface area (Å²) in [5, 5.41) is 10.6. The fourth-order valence-electron chi connectivity index (χ4n) is 6.50. The molecule has 6 N–H and O–H groups in total. The molecule has 2 aliphatic rings. The Balaban J connectivity index is 1.47. The molecular formula is C35H20N8O11S3. The molecule has 0 spiro atoms. The molecule has 22 heteroatoms. The maximum absolute atomic E-state index is 12.2. The zero-order valence-electron chi connectivity index (χ0n) is 28.1. The van der Waals surface area contributed by atoms with Gasteiger partial charge in [-0.2, -0.15) is 25.3 Å². The van der Waals surface area contributed by atoms with E-state index < -0.39 is 51.0 Å². The number of nitrogens with one attached hydrogen (secondary N) is 2. The van der Waals surface area contributed by atoms with Crippen molar-refractivity contribution in [3.8, 4) is 45.6 Å². The number of aromatic amines is 2. The van der Waals surface area contributed by atoms with E-state index in [1.807, 2.05) is 0 Å². The Hall–Kier alpha value is -6.82. The number of aromatic nitrogens is 8. The van der Waals surface area contributed by atoms with Gasteiger partial charge in [-0.05, 0) is 78.4 Å². The Bertz CT molecular complexity index is 3550. The summed E-state index contributed by atoms with van der Waals surface area (Å²) in [6, 6.07) is 15.8. The van der Waals surface area contributed by atoms with E-state index in [2.05, 4.69) is 29.9 Å². The highest BCUT2D eigenvalue weighted by atomic mass is 32.2. The van der Waals surface area contributed by atoms with Crippen LogP contribution in [0.25, 0.3) is 95.8 Å². The van der Waals surface area contributed by atoms with E-state index in [1.165, 1.54) is 30.3 Å². The van der Waals surface area contributed by atoms with E-state index in [9.17, 15) is 48.8 Å². The molecule has 8 bridgehead atoms. The summed E-state index contributed by atoms with van der Waals surface area (Å²) in [4.78, 5) is 44.1. The molecule has 284 valence electrons. The monoisotopic (exact) mass is 824 g/mol. The molecule has 0 fully saturated rings. The van der Waals surface area contributed by atoms with Crippen molar-refractivity contribution >= 4 is 86.5 Å². The largest absolute Gasteiger partial charge is 0.478 e. The molecule has 5 heterocycles. The van der Waals surface area contributed by atoms with E-state index in [0.717, 1.165) is 36.4 Å². The summed E-state index contributed by atoms with van der Waals surface area (Å²) >= 11 is 0. The van der Waals surface area contributed by atoms with Crippen LogP contribution in [0.1, 0.15) is 5.56 Å². The van der Waals surface area contributed by atoms with Crippen molar-refractivity contribution in [1.29, 1.82) is 0 Å². The van der Waals surface area contributed by atoms with Gasteiger partial charge in [-0.1, -0.05) is 6.07 Å². The average molecular weight is 825 g/mol. The van der Waals surface area contributed by atoms with E-state index >= 15 is 0 Å². The lowest BCUT2D eigenvalue weighted by Gasteiger charge is -2.03. The fourth-order valence-corrected chi connectivity index (χ4v) is 8.02. The van der Waals surface area contributed by atoms with Crippen molar-refractivity contribution in [2.45, 2.75) is 14.7 Å². The van der Waals surface area contributed by atoms with Crippen molar-refractivity contribution in [2.24, 2.45) is 0 Å². The maximum Gasteiger partial charge on any atom is 0.328 e. The summed E-state index contributed by atoms with van der Waals surface area (Å²) in [6.07, 6.45) is 2.31. The zero-order chi connectivity index (χ0) is 40.2. The quantitative estimate of drug-likeness (QED) is 0.101. The van der Waals surface area contributed by atoms with Gasteiger partial charge in [0, 0.05) is 49.9 Å². The molecule has 0 aliphatic carbocycles. The summed E-state index contributed by atoms with van der Waals surface area (Å²) in [5.74, 6) is -1.51. The van der Waals surface area contributed by atoms with Crippen molar-refractivity contribution in [2.75, 3.05) is 0 Å². The number of carboxylic acids is 1. The van der Waals surface area contributed by atoms with Crippen molar-refractivity contribution in [1.82, 2.24) is 39.9 Å². The first-order valence-electron chi connectivity index (χ1n) is 16.1. The van der Waals surface area contributed by atoms with Crippen LogP contribution in [0.4, 0.5) is 0 Å². The van der Waals surface area contributed by atoms with Gasteiger partial charge in [-0.3, -0.25) is 13.7 Å². The Labute approximate surface area is 318 Å². The molecular weight excluding hydrogens is 805 g/mol. The molecule has 9 rings (SSSR count). The van der Waals surface area contributed by atoms with Crippen LogP contribution in [0, 0.1) is 0 Å². The summed E-state index contributed by atoms with van der Waals surface area (Å²) in [6.45, 7) is 0. The van der Waals surface area contributed by atoms with Crippen molar-refractivity contribution < 1.29 is 48.8 Å². The summed E-state index contributed by atoms with van der Waals surface area (Å²) in [7, 11) is -14.1. The molecule has 4 aromatic carbocycles. The van der Waals surface area contributed by atoms with Crippen LogP contribution in [0.15, 0.2) is 93.6 Å². The minimum atomic E-state index is -4.72. The first-order chi connectivity index (χ1) is 26.9. The van der Waals surface area contributed by atoms with Crippen molar-refractivity contribution in [3.05, 3.63) is 84.4 Å². The number of H-pyrrole nitrogens is 2. The number of nitrogens with zero attached hydrogens (tertiary/aromatic N) is 6. The van der Waals surface area contributed by atoms with Gasteiger partial charge in [0.2, 0.25) is 0 Å². The second-order valence-electron chi connectivity index (χ2n) is 12.6. The van der Waals surface area contributed by atoms with Gasteiger partial charge < -0.3 is 15.1 Å². The number of carbonyl (C=O) groups is 1. The Morgan fingerprint density at radius 2 is 0.877 bits per heavy atom. The molecule has 0 saturated carbocycles.